The number of aromatic nitrogens is 2. The first-order chi connectivity index (χ1) is 9.77. The molecule has 1 heterocycles. The molecule has 1 aromatic carbocycles. The van der Waals surface area contributed by atoms with Gasteiger partial charge in [0.1, 0.15) is 0 Å². The number of hydrogen-bond acceptors (Lipinski definition) is 3. The van der Waals surface area contributed by atoms with Crippen molar-refractivity contribution >= 4 is 34.8 Å². The fourth-order valence-electron chi connectivity index (χ4n) is 1.74. The van der Waals surface area contributed by atoms with Gasteiger partial charge in [0.05, 0.1) is 5.69 Å². The van der Waals surface area contributed by atoms with Crippen molar-refractivity contribution in [2.24, 2.45) is 0 Å². The molecule has 0 saturated carbocycles. The van der Waals surface area contributed by atoms with Gasteiger partial charge >= 0.3 is 0 Å². The number of nitrogens with zero attached hydrogens (tertiary/aromatic N) is 1. The average Bonchev–Trinajstić information content (AvgIpc) is 2.39. The Hall–Kier alpha value is -1.85. The average molecular weight is 326 g/mol. The van der Waals surface area contributed by atoms with E-state index in [0.29, 0.717) is 11.4 Å². The molecule has 1 amide bonds. The van der Waals surface area contributed by atoms with Crippen molar-refractivity contribution < 1.29 is 4.79 Å². The van der Waals surface area contributed by atoms with Crippen LogP contribution in [-0.4, -0.2) is 20.4 Å². The Morgan fingerprint density at radius 3 is 2.43 bits per heavy atom. The van der Waals surface area contributed by atoms with Gasteiger partial charge in [0.2, 0.25) is 0 Å². The molecule has 0 radical (unpaired) electrons. The lowest BCUT2D eigenvalue weighted by molar-refractivity contribution is -0.116. The van der Waals surface area contributed by atoms with Crippen molar-refractivity contribution in [3.63, 3.8) is 0 Å². The summed E-state index contributed by atoms with van der Waals surface area (Å²) in [6, 6.07) is 8.45. The first-order valence-corrected chi connectivity index (χ1v) is 6.89. The number of aromatic amines is 1. The van der Waals surface area contributed by atoms with Gasteiger partial charge in [-0.1, -0.05) is 35.3 Å². The van der Waals surface area contributed by atoms with Gasteiger partial charge in [-0.2, -0.15) is 5.10 Å². The Morgan fingerprint density at radius 1 is 1.29 bits per heavy atom. The summed E-state index contributed by atoms with van der Waals surface area (Å²) in [5.74, 6) is -0.503. The molecule has 0 aliphatic rings. The number of carbonyl (C=O) groups is 1. The lowest BCUT2D eigenvalue weighted by atomic mass is 10.1. The monoisotopic (exact) mass is 325 g/mol. The first-order valence-electron chi connectivity index (χ1n) is 6.13. The number of benzene rings is 1. The predicted molar refractivity (Wildman–Crippen MR) is 83.8 cm³/mol. The van der Waals surface area contributed by atoms with Crippen LogP contribution >= 0.6 is 23.2 Å². The fourth-order valence-corrected chi connectivity index (χ4v) is 1.84. The van der Waals surface area contributed by atoms with Crippen molar-refractivity contribution in [2.75, 3.05) is 5.32 Å². The maximum Gasteiger partial charge on any atom is 0.264 e. The van der Waals surface area contributed by atoms with Crippen molar-refractivity contribution in [1.29, 1.82) is 0 Å². The van der Waals surface area contributed by atoms with Crippen LogP contribution in [0.5, 0.6) is 0 Å². The van der Waals surface area contributed by atoms with Gasteiger partial charge in [-0.05, 0) is 31.5 Å². The molecule has 110 valence electrons. The minimum absolute atomic E-state index is 0.247. The zero-order valence-electron chi connectivity index (χ0n) is 11.4. The van der Waals surface area contributed by atoms with Crippen molar-refractivity contribution in [2.45, 2.75) is 18.2 Å². The van der Waals surface area contributed by atoms with Crippen LogP contribution in [0.25, 0.3) is 11.3 Å². The third kappa shape index (κ3) is 3.83. The number of nitrogens with one attached hydrogen (secondary N) is 2. The van der Waals surface area contributed by atoms with Crippen molar-refractivity contribution in [1.82, 2.24) is 10.2 Å². The maximum absolute atomic E-state index is 11.7. The molecule has 2 rings (SSSR count). The highest BCUT2D eigenvalue weighted by atomic mass is 35.5. The molecule has 0 atom stereocenters. The SMILES string of the molecule is Cc1cc(=O)[nH]nc1-c1ccc(NC(=O)C(C)(Cl)Cl)cc1. The van der Waals surface area contributed by atoms with E-state index in [1.54, 1.807) is 31.2 Å². The Bertz CT molecular complexity index is 718. The molecular weight excluding hydrogens is 313 g/mol. The Labute approximate surface area is 131 Å². The molecule has 0 fully saturated rings. The summed E-state index contributed by atoms with van der Waals surface area (Å²) < 4.78 is -1.49. The summed E-state index contributed by atoms with van der Waals surface area (Å²) in [6.07, 6.45) is 0. The minimum atomic E-state index is -1.49. The molecule has 7 heteroatoms. The number of carbonyl (C=O) groups excluding carboxylic acids is 1. The smallest absolute Gasteiger partial charge is 0.264 e. The van der Waals surface area contributed by atoms with Crippen molar-refractivity contribution in [3.8, 4) is 11.3 Å². The van der Waals surface area contributed by atoms with E-state index in [4.69, 9.17) is 23.2 Å². The molecule has 5 nitrogen and oxygen atoms in total. The van der Waals surface area contributed by atoms with E-state index < -0.39 is 10.2 Å². The standard InChI is InChI=1S/C14H13Cl2N3O2/c1-8-7-11(20)18-19-12(8)9-3-5-10(6-4-9)17-13(21)14(2,15)16/h3-7H,1-2H3,(H,17,21)(H,18,20). The topological polar surface area (TPSA) is 74.8 Å². The van der Waals surface area contributed by atoms with E-state index in [-0.39, 0.29) is 5.56 Å². The second-order valence-electron chi connectivity index (χ2n) is 4.68. The zero-order valence-corrected chi connectivity index (χ0v) is 12.9. The summed E-state index contributed by atoms with van der Waals surface area (Å²) in [5, 5.41) is 9.01. The van der Waals surface area contributed by atoms with Gasteiger partial charge in [-0.25, -0.2) is 5.10 Å². The van der Waals surface area contributed by atoms with E-state index in [2.05, 4.69) is 15.5 Å². The molecule has 0 unspecified atom stereocenters. The van der Waals surface area contributed by atoms with E-state index >= 15 is 0 Å². The molecule has 1 aromatic heterocycles. The van der Waals surface area contributed by atoms with E-state index in [0.717, 1.165) is 11.1 Å². The Balaban J connectivity index is 2.23. The van der Waals surface area contributed by atoms with E-state index in [1.807, 2.05) is 0 Å². The van der Waals surface area contributed by atoms with Gasteiger partial charge in [0.15, 0.2) is 4.33 Å². The summed E-state index contributed by atoms with van der Waals surface area (Å²) in [4.78, 5) is 22.8. The molecule has 2 N–H and O–H groups in total. The van der Waals surface area contributed by atoms with Gasteiger partial charge in [0.25, 0.3) is 11.5 Å². The molecule has 2 aromatic rings. The van der Waals surface area contributed by atoms with Crippen molar-refractivity contribution in [3.05, 3.63) is 46.2 Å². The lowest BCUT2D eigenvalue weighted by Crippen LogP contribution is -2.29. The van der Waals surface area contributed by atoms with E-state index in [9.17, 15) is 9.59 Å². The van der Waals surface area contributed by atoms with E-state index in [1.165, 1.54) is 13.0 Å². The molecule has 21 heavy (non-hydrogen) atoms. The largest absolute Gasteiger partial charge is 0.323 e. The molecule has 0 aliphatic carbocycles. The second-order valence-corrected chi connectivity index (χ2v) is 6.39. The maximum atomic E-state index is 11.7. The number of alkyl halides is 2. The highest BCUT2D eigenvalue weighted by Gasteiger charge is 2.27. The number of hydrogen-bond donors (Lipinski definition) is 2. The number of amides is 1. The number of aryl methyl sites for hydroxylation is 1. The minimum Gasteiger partial charge on any atom is -0.323 e. The third-order valence-corrected chi connectivity index (χ3v) is 3.16. The van der Waals surface area contributed by atoms with Crippen LogP contribution in [0.1, 0.15) is 12.5 Å². The van der Waals surface area contributed by atoms with Crippen LogP contribution < -0.4 is 10.9 Å². The Kier molecular flexibility index (Phi) is 4.34. The quantitative estimate of drug-likeness (QED) is 0.852. The summed E-state index contributed by atoms with van der Waals surface area (Å²) in [6.45, 7) is 3.20. The molecule has 0 spiro atoms. The van der Waals surface area contributed by atoms with Gasteiger partial charge in [-0.3, -0.25) is 9.59 Å². The molecule has 0 bridgehead atoms. The highest BCUT2D eigenvalue weighted by Crippen LogP contribution is 2.24. The fraction of sp³-hybridized carbons (Fsp3) is 0.214. The second kappa shape index (κ2) is 5.87. The summed E-state index contributed by atoms with van der Waals surface area (Å²) in [5.41, 5.74) is 2.58. The van der Waals surface area contributed by atoms with Crippen LogP contribution in [-0.2, 0) is 4.79 Å². The normalized spacial score (nSPS) is 11.2. The number of H-pyrrole nitrogens is 1. The van der Waals surface area contributed by atoms with Gasteiger partial charge < -0.3 is 5.32 Å². The predicted octanol–water partition coefficient (Wildman–Crippen LogP) is 2.88. The van der Waals surface area contributed by atoms with Gasteiger partial charge in [0, 0.05) is 17.3 Å². The van der Waals surface area contributed by atoms with Crippen LogP contribution in [0, 0.1) is 6.92 Å². The zero-order chi connectivity index (χ0) is 15.6. The van der Waals surface area contributed by atoms with Gasteiger partial charge in [-0.15, -0.1) is 0 Å². The number of halogens is 2. The van der Waals surface area contributed by atoms with Crippen LogP contribution in [0.4, 0.5) is 5.69 Å². The summed E-state index contributed by atoms with van der Waals surface area (Å²) >= 11 is 11.4. The highest BCUT2D eigenvalue weighted by molar-refractivity contribution is 6.58. The van der Waals surface area contributed by atoms with Crippen LogP contribution in [0.2, 0.25) is 0 Å². The summed E-state index contributed by atoms with van der Waals surface area (Å²) in [7, 11) is 0. The molecular formula is C14H13Cl2N3O2. The van der Waals surface area contributed by atoms with Crippen LogP contribution in [0.3, 0.4) is 0 Å². The lowest BCUT2D eigenvalue weighted by Gasteiger charge is -2.13. The first kappa shape index (κ1) is 15.5. The number of anilines is 1. The van der Waals surface area contributed by atoms with Crippen LogP contribution in [0.15, 0.2) is 35.1 Å². The molecule has 0 aliphatic heterocycles. The number of rotatable bonds is 3. The molecule has 0 saturated heterocycles. The Morgan fingerprint density at radius 2 is 1.90 bits per heavy atom. The third-order valence-electron chi connectivity index (χ3n) is 2.81.